The van der Waals surface area contributed by atoms with Crippen molar-refractivity contribution in [1.29, 1.82) is 5.26 Å². The normalized spacial score (nSPS) is 11.5. The fourth-order valence-corrected chi connectivity index (χ4v) is 8.05. The summed E-state index contributed by atoms with van der Waals surface area (Å²) >= 11 is 3.66. The third kappa shape index (κ3) is 3.66. The van der Waals surface area contributed by atoms with E-state index in [1.807, 2.05) is 40.9 Å². The number of nitrogens with zero attached hydrogens (tertiary/aromatic N) is 1. The molecule has 0 spiro atoms. The van der Waals surface area contributed by atoms with Gasteiger partial charge in [-0.3, -0.25) is 0 Å². The van der Waals surface area contributed by atoms with Gasteiger partial charge in [-0.1, -0.05) is 84.9 Å². The fraction of sp³-hybridized carbons (Fsp3) is 0. The van der Waals surface area contributed by atoms with E-state index in [1.54, 1.807) is 0 Å². The van der Waals surface area contributed by atoms with Crippen LogP contribution in [0.3, 0.4) is 0 Å². The smallest absolute Gasteiger partial charge is 0.0998 e. The van der Waals surface area contributed by atoms with Crippen LogP contribution in [0.4, 0.5) is 0 Å². The number of thiophene rings is 2. The Morgan fingerprint density at radius 2 is 0.975 bits per heavy atom. The lowest BCUT2D eigenvalue weighted by Crippen LogP contribution is -1.92. The number of hydrogen-bond acceptors (Lipinski definition) is 3. The molecule has 0 aliphatic rings. The van der Waals surface area contributed by atoms with Crippen LogP contribution in [0.5, 0.6) is 0 Å². The first kappa shape index (κ1) is 23.2. The maximum absolute atomic E-state index is 10.3. The van der Waals surface area contributed by atoms with Gasteiger partial charge < -0.3 is 0 Å². The van der Waals surface area contributed by atoms with E-state index in [4.69, 9.17) is 0 Å². The van der Waals surface area contributed by atoms with Crippen LogP contribution in [0, 0.1) is 11.3 Å². The van der Waals surface area contributed by atoms with E-state index in [0.717, 1.165) is 33.4 Å². The second-order valence-electron chi connectivity index (χ2n) is 10.0. The van der Waals surface area contributed by atoms with Crippen LogP contribution in [-0.2, 0) is 0 Å². The molecule has 0 saturated heterocycles. The molecule has 186 valence electrons. The molecule has 0 fully saturated rings. The predicted octanol–water partition coefficient (Wildman–Crippen LogP) is 11.3. The Morgan fingerprint density at radius 3 is 1.75 bits per heavy atom. The van der Waals surface area contributed by atoms with Crippen molar-refractivity contribution >= 4 is 63.0 Å². The maximum atomic E-state index is 10.3. The molecule has 0 atom stereocenters. The van der Waals surface area contributed by atoms with Gasteiger partial charge in [-0.15, -0.1) is 22.7 Å². The van der Waals surface area contributed by atoms with E-state index in [9.17, 15) is 5.26 Å². The van der Waals surface area contributed by atoms with Crippen LogP contribution in [0.2, 0.25) is 0 Å². The average Bonchev–Trinajstić information content (AvgIpc) is 3.58. The van der Waals surface area contributed by atoms with Crippen molar-refractivity contribution < 1.29 is 0 Å². The Balaban J connectivity index is 1.41. The molecule has 0 N–H and O–H groups in total. The largest absolute Gasteiger partial charge is 0.192 e. The highest BCUT2D eigenvalue weighted by atomic mass is 32.1. The van der Waals surface area contributed by atoms with Crippen molar-refractivity contribution in [2.24, 2.45) is 0 Å². The summed E-state index contributed by atoms with van der Waals surface area (Å²) in [7, 11) is 0. The third-order valence-corrected chi connectivity index (χ3v) is 10.0. The molecule has 0 radical (unpaired) electrons. The molecule has 2 heterocycles. The maximum Gasteiger partial charge on any atom is 0.0998 e. The van der Waals surface area contributed by atoms with Crippen molar-refractivity contribution in [2.75, 3.05) is 0 Å². The van der Waals surface area contributed by atoms with Gasteiger partial charge in [0, 0.05) is 45.9 Å². The van der Waals surface area contributed by atoms with Gasteiger partial charge in [0.05, 0.1) is 11.6 Å². The van der Waals surface area contributed by atoms with Crippen molar-refractivity contribution in [3.63, 3.8) is 0 Å². The summed E-state index contributed by atoms with van der Waals surface area (Å²) < 4.78 is 5.14. The lowest BCUT2D eigenvalue weighted by atomic mass is 9.87. The fourth-order valence-electron chi connectivity index (χ4n) is 5.81. The minimum Gasteiger partial charge on any atom is -0.192 e. The molecule has 8 rings (SSSR count). The van der Waals surface area contributed by atoms with Crippen molar-refractivity contribution in [3.8, 4) is 39.4 Å². The van der Waals surface area contributed by atoms with Gasteiger partial charge in [-0.25, -0.2) is 0 Å². The van der Waals surface area contributed by atoms with Crippen molar-refractivity contribution in [1.82, 2.24) is 0 Å². The Hall–Kier alpha value is -4.75. The van der Waals surface area contributed by atoms with E-state index in [-0.39, 0.29) is 0 Å². The summed E-state index contributed by atoms with van der Waals surface area (Å²) in [5, 5.41) is 15.4. The lowest BCUT2D eigenvalue weighted by molar-refractivity contribution is 1.47. The highest BCUT2D eigenvalue weighted by Crippen LogP contribution is 2.43. The first-order valence-electron chi connectivity index (χ1n) is 13.2. The molecule has 8 aromatic rings. The zero-order valence-electron chi connectivity index (χ0n) is 21.4. The molecule has 6 aromatic carbocycles. The summed E-state index contributed by atoms with van der Waals surface area (Å²) in [5.41, 5.74) is 7.19. The van der Waals surface area contributed by atoms with E-state index in [1.165, 1.54) is 40.3 Å². The Bertz CT molecular complexity index is 2280. The summed E-state index contributed by atoms with van der Waals surface area (Å²) in [6, 6.07) is 47.8. The molecule has 0 saturated carbocycles. The molecule has 0 aliphatic heterocycles. The molecule has 40 heavy (non-hydrogen) atoms. The monoisotopic (exact) mass is 543 g/mol. The summed E-state index contributed by atoms with van der Waals surface area (Å²) in [4.78, 5) is 0. The average molecular weight is 544 g/mol. The Kier molecular flexibility index (Phi) is 5.31. The van der Waals surface area contributed by atoms with Gasteiger partial charge in [0.15, 0.2) is 0 Å². The third-order valence-electron chi connectivity index (χ3n) is 7.74. The molecular formula is C37H21NS2. The highest BCUT2D eigenvalue weighted by molar-refractivity contribution is 7.26. The molecule has 3 heteroatoms. The van der Waals surface area contributed by atoms with Gasteiger partial charge in [0.1, 0.15) is 0 Å². The zero-order chi connectivity index (χ0) is 26.6. The van der Waals surface area contributed by atoms with Crippen molar-refractivity contribution in [2.45, 2.75) is 0 Å². The summed E-state index contributed by atoms with van der Waals surface area (Å²) in [5.74, 6) is 0. The SMILES string of the molecule is N#Cc1cc(-c2ccc3sc4ccccc4c3c2)c(-c2ccc3c(c2)sc2ccccc23)cc1-c1ccccc1. The standard InChI is InChI=1S/C37H21NS2/c38-22-26-19-31(24-15-17-36-33(18-24)28-11-5-7-13-35(28)39-36)32(21-30(26)23-8-2-1-3-9-23)25-14-16-29-27-10-4-6-12-34(27)40-37(29)20-25/h1-21H. The number of hydrogen-bond donors (Lipinski definition) is 0. The second kappa shape index (κ2) is 9.17. The number of benzene rings is 6. The van der Waals surface area contributed by atoms with Crippen LogP contribution in [0.1, 0.15) is 5.56 Å². The van der Waals surface area contributed by atoms with Crippen LogP contribution in [0.15, 0.2) is 127 Å². The molecule has 0 bridgehead atoms. The first-order chi connectivity index (χ1) is 19.8. The van der Waals surface area contributed by atoms with Crippen LogP contribution < -0.4 is 0 Å². The van der Waals surface area contributed by atoms with Gasteiger partial charge in [-0.2, -0.15) is 5.26 Å². The number of rotatable bonds is 3. The van der Waals surface area contributed by atoms with Gasteiger partial charge in [0.25, 0.3) is 0 Å². The minimum atomic E-state index is 0.683. The molecule has 2 aromatic heterocycles. The number of fused-ring (bicyclic) bond motifs is 6. The molecule has 0 aliphatic carbocycles. The van der Waals surface area contributed by atoms with E-state index in [0.29, 0.717) is 5.56 Å². The van der Waals surface area contributed by atoms with Gasteiger partial charge in [0.2, 0.25) is 0 Å². The second-order valence-corrected chi connectivity index (χ2v) is 12.2. The van der Waals surface area contributed by atoms with E-state index < -0.39 is 0 Å². The molecule has 0 amide bonds. The van der Waals surface area contributed by atoms with E-state index >= 15 is 0 Å². The quantitative estimate of drug-likeness (QED) is 0.217. The molecule has 1 nitrogen and oxygen atoms in total. The predicted molar refractivity (Wildman–Crippen MR) is 173 cm³/mol. The van der Waals surface area contributed by atoms with Crippen LogP contribution in [-0.4, -0.2) is 0 Å². The summed E-state index contributed by atoms with van der Waals surface area (Å²) in [6.45, 7) is 0. The minimum absolute atomic E-state index is 0.683. The zero-order valence-corrected chi connectivity index (χ0v) is 23.0. The van der Waals surface area contributed by atoms with Crippen LogP contribution in [0.25, 0.3) is 73.7 Å². The topological polar surface area (TPSA) is 23.8 Å². The highest BCUT2D eigenvalue weighted by Gasteiger charge is 2.17. The van der Waals surface area contributed by atoms with Crippen LogP contribution >= 0.6 is 22.7 Å². The van der Waals surface area contributed by atoms with Crippen molar-refractivity contribution in [3.05, 3.63) is 133 Å². The van der Waals surface area contributed by atoms with Gasteiger partial charge in [-0.05, 0) is 70.3 Å². The Labute approximate surface area is 239 Å². The number of nitriles is 1. The molecular weight excluding hydrogens is 523 g/mol. The van der Waals surface area contributed by atoms with Gasteiger partial charge >= 0.3 is 0 Å². The first-order valence-corrected chi connectivity index (χ1v) is 14.9. The van der Waals surface area contributed by atoms with E-state index in [2.05, 4.69) is 115 Å². The Morgan fingerprint density at radius 1 is 0.400 bits per heavy atom. The summed E-state index contributed by atoms with van der Waals surface area (Å²) in [6.07, 6.45) is 0. The lowest BCUT2D eigenvalue weighted by Gasteiger charge is -2.15. The molecule has 0 unspecified atom stereocenters.